The van der Waals surface area contributed by atoms with Crippen molar-refractivity contribution in [3.63, 3.8) is 0 Å². The van der Waals surface area contributed by atoms with Crippen LogP contribution in [0.1, 0.15) is 10.4 Å². The molecule has 0 unspecified atom stereocenters. The molecule has 94 valence electrons. The van der Waals surface area contributed by atoms with Gasteiger partial charge in [0.25, 0.3) is 0 Å². The fourth-order valence-electron chi connectivity index (χ4n) is 0.855. The summed E-state index contributed by atoms with van der Waals surface area (Å²) in [5.41, 5.74) is 0.160. The molecule has 0 radical (unpaired) electrons. The predicted octanol–water partition coefficient (Wildman–Crippen LogP) is -11.1. The maximum atomic E-state index is 11.2. The largest absolute Gasteiger partial charge is 1.00 e. The molecule has 0 bridgehead atoms. The second-order valence-corrected chi connectivity index (χ2v) is 3.01. The average Bonchev–Trinajstić information content (AvgIpc) is 2.26. The summed E-state index contributed by atoms with van der Waals surface area (Å²) in [5, 5.41) is 34.5. The summed E-state index contributed by atoms with van der Waals surface area (Å²) in [4.78, 5) is 11.2. The number of para-hydroxylation sites is 1. The molecule has 0 fully saturated rings. The first-order valence-electron chi connectivity index (χ1n) is 4.47. The van der Waals surface area contributed by atoms with Crippen molar-refractivity contribution in [3.8, 4) is 5.75 Å². The molecule has 20 heavy (non-hydrogen) atoms. The summed E-state index contributed by atoms with van der Waals surface area (Å²) < 4.78 is 4.73. The van der Waals surface area contributed by atoms with E-state index in [0.717, 1.165) is 0 Å². The minimum atomic E-state index is -2.92. The van der Waals surface area contributed by atoms with Gasteiger partial charge in [0.1, 0.15) is 17.9 Å². The number of ether oxygens (including phenoxy) is 1. The van der Waals surface area contributed by atoms with Crippen LogP contribution in [0.25, 0.3) is 0 Å². The third-order valence-corrected chi connectivity index (χ3v) is 1.59. The smallest absolute Gasteiger partial charge is 0.907 e. The Balaban J connectivity index is -0.000000164. The van der Waals surface area contributed by atoms with Gasteiger partial charge in [0.15, 0.2) is 0 Å². The molecule has 0 aliphatic carbocycles. The van der Waals surface area contributed by atoms with Crippen molar-refractivity contribution in [2.45, 2.75) is 0 Å². The quantitative estimate of drug-likeness (QED) is 0.334. The fraction of sp³-hybridized carbons (Fsp3) is 0.222. The van der Waals surface area contributed by atoms with Crippen LogP contribution in [0.2, 0.25) is 0 Å². The van der Waals surface area contributed by atoms with Crippen LogP contribution in [0.15, 0.2) is 24.3 Å². The van der Waals surface area contributed by atoms with Gasteiger partial charge in [-0.2, -0.15) is 0 Å². The van der Waals surface area contributed by atoms with E-state index in [1.807, 2.05) is 0 Å². The molecule has 0 heterocycles. The van der Waals surface area contributed by atoms with Crippen LogP contribution in [0, 0.1) is 0 Å². The molecule has 1 aromatic rings. The van der Waals surface area contributed by atoms with Gasteiger partial charge < -0.3 is 24.9 Å². The molecule has 1 rings (SSSR count). The van der Waals surface area contributed by atoms with E-state index in [0.29, 0.717) is 0 Å². The molecule has 0 aliphatic heterocycles. The van der Waals surface area contributed by atoms with Crippen molar-refractivity contribution < 1.29 is 86.3 Å². The van der Waals surface area contributed by atoms with E-state index in [-0.39, 0.29) is 80.4 Å². The number of carbonyl (C=O) groups excluding carboxylic acids is 1. The number of alkyl halides is 1. The summed E-state index contributed by atoms with van der Waals surface area (Å²) in [5.74, 6) is -0.389. The Morgan fingerprint density at radius 2 is 1.65 bits per heavy atom. The van der Waals surface area contributed by atoms with E-state index in [1.165, 1.54) is 12.1 Å². The van der Waals surface area contributed by atoms with Crippen molar-refractivity contribution in [2.24, 2.45) is 0 Å². The van der Waals surface area contributed by atoms with E-state index in [2.05, 4.69) is 0 Å². The molecule has 11 heteroatoms. The van der Waals surface area contributed by atoms with Crippen LogP contribution < -0.4 is 71.7 Å². The van der Waals surface area contributed by atoms with Crippen molar-refractivity contribution in [3.05, 3.63) is 29.8 Å². The van der Waals surface area contributed by atoms with Crippen molar-refractivity contribution >= 4 is 24.9 Å². The molecular formula is C9H9BClLi3O6. The van der Waals surface area contributed by atoms with E-state index in [4.69, 9.17) is 31.4 Å². The van der Waals surface area contributed by atoms with Gasteiger partial charge in [0.05, 0.1) is 5.88 Å². The van der Waals surface area contributed by atoms with Gasteiger partial charge >= 0.3 is 62.6 Å². The zero-order chi connectivity index (χ0) is 13.3. The van der Waals surface area contributed by atoms with Crippen molar-refractivity contribution in [2.75, 3.05) is 12.5 Å². The van der Waals surface area contributed by atoms with Crippen LogP contribution >= 0.6 is 11.6 Å². The van der Waals surface area contributed by atoms with Crippen LogP contribution in [0.3, 0.4) is 0 Å². The molecule has 0 aliphatic rings. The van der Waals surface area contributed by atoms with Crippen LogP contribution in [0.5, 0.6) is 5.75 Å². The average molecular weight is 280 g/mol. The van der Waals surface area contributed by atoms with Gasteiger partial charge in [0, 0.05) is 0 Å². The third kappa shape index (κ3) is 14.9. The Bertz CT molecular complexity index is 355. The third-order valence-electron chi connectivity index (χ3n) is 1.43. The van der Waals surface area contributed by atoms with Gasteiger partial charge in [-0.15, -0.1) is 11.6 Å². The molecule has 6 nitrogen and oxygen atoms in total. The second-order valence-electron chi connectivity index (χ2n) is 2.63. The Hall–Kier alpha value is 0.517. The van der Waals surface area contributed by atoms with Crippen molar-refractivity contribution in [1.29, 1.82) is 0 Å². The summed E-state index contributed by atoms with van der Waals surface area (Å²) in [6, 6.07) is 6.20. The minimum Gasteiger partial charge on any atom is -0.907 e. The number of halogens is 1. The van der Waals surface area contributed by atoms with Crippen LogP contribution in [0.4, 0.5) is 0 Å². The van der Waals surface area contributed by atoms with E-state index in [9.17, 15) is 9.90 Å². The number of hydrogen-bond donors (Lipinski definition) is 1. The van der Waals surface area contributed by atoms with Gasteiger partial charge in [-0.25, -0.2) is 4.79 Å². The first-order chi connectivity index (χ1) is 7.99. The summed E-state index contributed by atoms with van der Waals surface area (Å²) in [6.45, 7) is 0.148. The topological polar surface area (TPSA) is 116 Å². The number of esters is 1. The number of aromatic hydroxyl groups is 1. The van der Waals surface area contributed by atoms with E-state index in [1.54, 1.807) is 12.1 Å². The first-order valence-corrected chi connectivity index (χ1v) is 5.01. The summed E-state index contributed by atoms with van der Waals surface area (Å²) in [6.07, 6.45) is 0. The molecular weight excluding hydrogens is 271 g/mol. The minimum absolute atomic E-state index is 0. The number of phenolic OH excluding ortho intramolecular Hbond substituents is 1. The summed E-state index contributed by atoms with van der Waals surface area (Å²) >= 11 is 5.33. The Morgan fingerprint density at radius 1 is 1.20 bits per heavy atom. The maximum Gasteiger partial charge on any atom is 1.00 e. The fourth-order valence-corrected chi connectivity index (χ4v) is 0.932. The number of hydrogen-bond acceptors (Lipinski definition) is 6. The number of carbonyl (C=O) groups is 1. The molecule has 0 amide bonds. The van der Waals surface area contributed by atoms with Gasteiger partial charge in [-0.1, -0.05) is 12.1 Å². The van der Waals surface area contributed by atoms with Gasteiger partial charge in [-0.3, -0.25) is 7.32 Å². The van der Waals surface area contributed by atoms with Crippen molar-refractivity contribution in [1.82, 2.24) is 0 Å². The molecule has 1 aromatic carbocycles. The molecule has 0 atom stereocenters. The zero-order valence-corrected chi connectivity index (χ0v) is 12.4. The SMILES string of the molecule is O=C(OCCCl)c1ccccc1O.[Li+].[Li+].[Li+].[O-]B([O-])[O-]. The zero-order valence-electron chi connectivity index (χ0n) is 11.7. The Labute approximate surface area is 158 Å². The Kier molecular flexibility index (Phi) is 25.2. The normalized spacial score (nSPS) is 7.60. The number of phenols is 1. The van der Waals surface area contributed by atoms with Crippen LogP contribution in [-0.4, -0.2) is 30.9 Å². The molecule has 0 saturated carbocycles. The maximum absolute atomic E-state index is 11.2. The van der Waals surface area contributed by atoms with Gasteiger partial charge in [-0.05, 0) is 12.1 Å². The Morgan fingerprint density at radius 3 is 2.05 bits per heavy atom. The van der Waals surface area contributed by atoms with E-state index >= 15 is 0 Å². The molecule has 1 N–H and O–H groups in total. The summed E-state index contributed by atoms with van der Waals surface area (Å²) in [7, 11) is -2.92. The monoisotopic (exact) mass is 280 g/mol. The van der Waals surface area contributed by atoms with Gasteiger partial charge in [0.2, 0.25) is 0 Å². The standard InChI is InChI=1S/C9H9ClO3.BO3.3Li/c10-5-6-13-9(12)7-3-1-2-4-8(7)11;2-1(3)4;;;/h1-4,11H,5-6H2;;;;/q;-3;3*+1. The number of rotatable bonds is 3. The number of benzene rings is 1. The molecule has 0 aromatic heterocycles. The van der Waals surface area contributed by atoms with Crippen LogP contribution in [-0.2, 0) is 4.74 Å². The van der Waals surface area contributed by atoms with E-state index < -0.39 is 13.3 Å². The first kappa shape index (κ1) is 28.6. The molecule has 0 spiro atoms. The second kappa shape index (κ2) is 17.6. The predicted molar refractivity (Wildman–Crippen MR) is 54.9 cm³/mol. The molecule has 0 saturated heterocycles.